The molecule has 1 N–H and O–H groups in total. The maximum atomic E-state index is 13.4. The molecule has 4 aromatic rings. The third-order valence-electron chi connectivity index (χ3n) is 4.52. The van der Waals surface area contributed by atoms with Gasteiger partial charge < -0.3 is 10.1 Å². The lowest BCUT2D eigenvalue weighted by molar-refractivity contribution is 0.0520. The summed E-state index contributed by atoms with van der Waals surface area (Å²) in [5.74, 6) is -1.17. The maximum Gasteiger partial charge on any atom is 0.359 e. The van der Waals surface area contributed by atoms with Gasteiger partial charge in [-0.15, -0.1) is 11.3 Å². The summed E-state index contributed by atoms with van der Waals surface area (Å²) in [7, 11) is 0. The van der Waals surface area contributed by atoms with Gasteiger partial charge in [0.2, 0.25) is 0 Å². The fraction of sp³-hybridized carbons (Fsp3) is 0.0909. The number of amides is 1. The van der Waals surface area contributed by atoms with Gasteiger partial charge in [-0.2, -0.15) is 9.78 Å². The molecule has 0 unspecified atom stereocenters. The lowest BCUT2D eigenvalue weighted by Crippen LogP contribution is -2.25. The molecule has 0 radical (unpaired) electrons. The minimum Gasteiger partial charge on any atom is -0.461 e. The van der Waals surface area contributed by atoms with Gasteiger partial charge in [0, 0.05) is 15.8 Å². The number of halogens is 2. The van der Waals surface area contributed by atoms with Crippen LogP contribution in [-0.2, 0) is 4.74 Å². The van der Waals surface area contributed by atoms with E-state index >= 15 is 0 Å². The van der Waals surface area contributed by atoms with Gasteiger partial charge in [0.1, 0.15) is 5.00 Å². The molecule has 2 aromatic carbocycles. The van der Waals surface area contributed by atoms with Crippen molar-refractivity contribution < 1.29 is 14.3 Å². The van der Waals surface area contributed by atoms with Crippen molar-refractivity contribution in [1.29, 1.82) is 0 Å². The van der Waals surface area contributed by atoms with Crippen LogP contribution in [0.4, 0.5) is 5.00 Å². The van der Waals surface area contributed by atoms with Crippen molar-refractivity contribution >= 4 is 62.2 Å². The summed E-state index contributed by atoms with van der Waals surface area (Å²) < 4.78 is 6.19. The van der Waals surface area contributed by atoms with Crippen molar-refractivity contribution in [1.82, 2.24) is 9.78 Å². The van der Waals surface area contributed by atoms with Crippen molar-refractivity contribution in [3.63, 3.8) is 0 Å². The Balaban J connectivity index is 1.91. The average Bonchev–Trinajstić information content (AvgIpc) is 3.18. The zero-order valence-electron chi connectivity index (χ0n) is 16.6. The predicted octanol–water partition coefficient (Wildman–Crippen LogP) is 5.18. The predicted molar refractivity (Wildman–Crippen MR) is 126 cm³/mol. The summed E-state index contributed by atoms with van der Waals surface area (Å²) in [6.07, 6.45) is 0. The molecular weight excluding hydrogens is 473 g/mol. The van der Waals surface area contributed by atoms with E-state index in [1.165, 1.54) is 0 Å². The summed E-state index contributed by atoms with van der Waals surface area (Å²) in [5.41, 5.74) is 0.0528. The minimum atomic E-state index is -0.685. The van der Waals surface area contributed by atoms with Crippen LogP contribution in [0.5, 0.6) is 0 Å². The Morgan fingerprint density at radius 3 is 2.66 bits per heavy atom. The summed E-state index contributed by atoms with van der Waals surface area (Å²) in [5, 5.41) is 9.90. The van der Waals surface area contributed by atoms with Gasteiger partial charge in [-0.25, -0.2) is 4.79 Å². The molecule has 2 heterocycles. The number of nitrogens with zero attached hydrogens (tertiary/aromatic N) is 2. The number of ether oxygens (including phenoxy) is 1. The molecule has 10 heteroatoms. The topological polar surface area (TPSA) is 90.3 Å². The largest absolute Gasteiger partial charge is 0.461 e. The molecular formula is C22H15Cl2N3O4S. The van der Waals surface area contributed by atoms with Crippen LogP contribution in [0, 0.1) is 0 Å². The molecule has 0 bridgehead atoms. The van der Waals surface area contributed by atoms with Gasteiger partial charge in [0.25, 0.3) is 11.5 Å². The number of hydrogen-bond acceptors (Lipinski definition) is 6. The van der Waals surface area contributed by atoms with Crippen LogP contribution in [0.1, 0.15) is 27.8 Å². The second kappa shape index (κ2) is 9.12. The molecule has 0 spiro atoms. The molecule has 7 nitrogen and oxygen atoms in total. The monoisotopic (exact) mass is 487 g/mol. The van der Waals surface area contributed by atoms with Crippen LogP contribution in [0.25, 0.3) is 16.5 Å². The number of carbonyl (C=O) groups is 2. The van der Waals surface area contributed by atoms with Crippen LogP contribution in [0.15, 0.2) is 58.7 Å². The number of nitrogens with one attached hydrogen (secondary N) is 1. The molecule has 1 amide bonds. The Hall–Kier alpha value is -3.20. The number of aromatic nitrogens is 2. The number of thiophene rings is 1. The van der Waals surface area contributed by atoms with E-state index in [0.717, 1.165) is 16.0 Å². The molecule has 0 saturated carbocycles. The smallest absolute Gasteiger partial charge is 0.359 e. The minimum absolute atomic E-state index is 0.0454. The Bertz CT molecular complexity index is 1410. The van der Waals surface area contributed by atoms with Crippen molar-refractivity contribution in [2.75, 3.05) is 11.9 Å². The third kappa shape index (κ3) is 4.12. The first-order valence-corrected chi connectivity index (χ1v) is 11.1. The fourth-order valence-corrected chi connectivity index (χ4v) is 4.43. The lowest BCUT2D eigenvalue weighted by Gasteiger charge is -2.10. The second-order valence-electron chi connectivity index (χ2n) is 6.55. The summed E-state index contributed by atoms with van der Waals surface area (Å²) >= 11 is 13.3. The molecule has 0 fully saturated rings. The zero-order chi connectivity index (χ0) is 22.8. The summed E-state index contributed by atoms with van der Waals surface area (Å²) in [6.45, 7) is 1.81. The molecule has 2 aromatic heterocycles. The van der Waals surface area contributed by atoms with Gasteiger partial charge in [0.05, 0.1) is 28.3 Å². The highest BCUT2D eigenvalue weighted by Gasteiger charge is 2.23. The van der Waals surface area contributed by atoms with E-state index in [-0.39, 0.29) is 38.7 Å². The maximum absolute atomic E-state index is 13.4. The summed E-state index contributed by atoms with van der Waals surface area (Å²) in [4.78, 5) is 38.8. The van der Waals surface area contributed by atoms with Crippen LogP contribution in [0.3, 0.4) is 0 Å². The quantitative estimate of drug-likeness (QED) is 0.391. The van der Waals surface area contributed by atoms with E-state index in [1.54, 1.807) is 60.8 Å². The van der Waals surface area contributed by atoms with Gasteiger partial charge in [-0.3, -0.25) is 9.59 Å². The van der Waals surface area contributed by atoms with Gasteiger partial charge in [-0.05, 0) is 37.3 Å². The van der Waals surface area contributed by atoms with Gasteiger partial charge in [0.15, 0.2) is 5.69 Å². The Kier molecular flexibility index (Phi) is 6.27. The third-order valence-corrected chi connectivity index (χ3v) is 5.98. The van der Waals surface area contributed by atoms with Crippen molar-refractivity contribution in [2.24, 2.45) is 0 Å². The second-order valence-corrected chi connectivity index (χ2v) is 8.28. The molecule has 0 aliphatic rings. The number of esters is 1. The van der Waals surface area contributed by atoms with E-state index < -0.39 is 17.4 Å². The molecule has 0 atom stereocenters. The zero-order valence-corrected chi connectivity index (χ0v) is 18.9. The van der Waals surface area contributed by atoms with Crippen molar-refractivity contribution in [3.8, 4) is 5.69 Å². The Morgan fingerprint density at radius 2 is 1.94 bits per heavy atom. The van der Waals surface area contributed by atoms with E-state index in [2.05, 4.69) is 10.4 Å². The number of hydrogen-bond donors (Lipinski definition) is 1. The SMILES string of the molecule is CCOC(=O)c1nn(-c2cccc(Cl)c2)c(=O)c2c(NC(=O)c3ccccc3Cl)scc12. The van der Waals surface area contributed by atoms with E-state index in [1.807, 2.05) is 0 Å². The Morgan fingerprint density at radius 1 is 1.16 bits per heavy atom. The van der Waals surface area contributed by atoms with Crippen LogP contribution >= 0.6 is 34.5 Å². The number of fused-ring (bicyclic) bond motifs is 1. The van der Waals surface area contributed by atoms with Crippen LogP contribution < -0.4 is 10.9 Å². The normalized spacial score (nSPS) is 10.8. The fourth-order valence-electron chi connectivity index (χ4n) is 3.09. The first-order chi connectivity index (χ1) is 15.4. The standard InChI is InChI=1S/C22H15Cl2N3O4S/c1-2-31-22(30)18-15-11-32-20(25-19(28)14-8-3-4-9-16(14)24)17(15)21(29)27(26-18)13-7-5-6-12(23)10-13/h3-11H,2H2,1H3,(H,25,28). The van der Waals surface area contributed by atoms with Gasteiger partial charge in [-0.1, -0.05) is 41.4 Å². The van der Waals surface area contributed by atoms with E-state index in [4.69, 9.17) is 27.9 Å². The molecule has 162 valence electrons. The molecule has 32 heavy (non-hydrogen) atoms. The lowest BCUT2D eigenvalue weighted by atomic mass is 10.2. The number of carbonyl (C=O) groups excluding carboxylic acids is 2. The van der Waals surface area contributed by atoms with Crippen molar-refractivity contribution in [3.05, 3.63) is 85.6 Å². The molecule has 4 rings (SSSR count). The van der Waals surface area contributed by atoms with E-state index in [0.29, 0.717) is 10.7 Å². The highest BCUT2D eigenvalue weighted by molar-refractivity contribution is 7.16. The van der Waals surface area contributed by atoms with Crippen molar-refractivity contribution in [2.45, 2.75) is 6.92 Å². The van der Waals surface area contributed by atoms with Crippen LogP contribution in [-0.4, -0.2) is 28.3 Å². The Labute approximate surface area is 196 Å². The number of benzene rings is 2. The molecule has 0 aliphatic carbocycles. The highest BCUT2D eigenvalue weighted by atomic mass is 35.5. The number of anilines is 1. The first kappa shape index (κ1) is 22.0. The highest BCUT2D eigenvalue weighted by Crippen LogP contribution is 2.31. The number of rotatable bonds is 5. The molecule has 0 saturated heterocycles. The summed E-state index contributed by atoms with van der Waals surface area (Å²) in [6, 6.07) is 13.1. The van der Waals surface area contributed by atoms with E-state index in [9.17, 15) is 14.4 Å². The van der Waals surface area contributed by atoms with Crippen LogP contribution in [0.2, 0.25) is 10.0 Å². The van der Waals surface area contributed by atoms with Gasteiger partial charge >= 0.3 is 5.97 Å². The molecule has 0 aliphatic heterocycles. The first-order valence-electron chi connectivity index (χ1n) is 9.44. The average molecular weight is 488 g/mol.